The smallest absolute Gasteiger partial charge is 0.251 e. The highest BCUT2D eigenvalue weighted by molar-refractivity contribution is 7.98. The molecule has 37 heavy (non-hydrogen) atoms. The lowest BCUT2D eigenvalue weighted by molar-refractivity contribution is 0.0949. The molecule has 1 aromatic heterocycles. The fourth-order valence-corrected chi connectivity index (χ4v) is 4.96. The Balaban J connectivity index is 1.43. The van der Waals surface area contributed by atoms with Gasteiger partial charge in [-0.25, -0.2) is 14.4 Å². The Morgan fingerprint density at radius 3 is 2.54 bits per heavy atom. The van der Waals surface area contributed by atoms with Crippen molar-refractivity contribution in [2.24, 2.45) is 5.92 Å². The molecule has 1 amide bonds. The minimum absolute atomic E-state index is 0.0595. The first-order valence-corrected chi connectivity index (χ1v) is 13.5. The molecule has 196 valence electrons. The summed E-state index contributed by atoms with van der Waals surface area (Å²) < 4.78 is 19.6. The van der Waals surface area contributed by atoms with Gasteiger partial charge in [0.05, 0.1) is 18.0 Å². The lowest BCUT2D eigenvalue weighted by Gasteiger charge is -2.37. The van der Waals surface area contributed by atoms with Gasteiger partial charge in [-0.3, -0.25) is 4.79 Å². The monoisotopic (exact) mass is 523 g/mol. The number of halogens is 1. The van der Waals surface area contributed by atoms with Gasteiger partial charge in [-0.05, 0) is 35.7 Å². The van der Waals surface area contributed by atoms with Gasteiger partial charge in [0.15, 0.2) is 5.16 Å². The number of nitrogens with one attached hydrogen (secondary N) is 1. The normalized spacial score (nSPS) is 13.8. The third-order valence-electron chi connectivity index (χ3n) is 6.06. The molecule has 0 unspecified atom stereocenters. The van der Waals surface area contributed by atoms with Crippen molar-refractivity contribution in [3.63, 3.8) is 0 Å². The van der Waals surface area contributed by atoms with E-state index in [-0.39, 0.29) is 11.7 Å². The summed E-state index contributed by atoms with van der Waals surface area (Å²) in [7, 11) is 1.65. The molecule has 2 heterocycles. The zero-order valence-corrected chi connectivity index (χ0v) is 22.4. The molecule has 4 rings (SSSR count). The molecule has 1 saturated heterocycles. The number of ether oxygens (including phenoxy) is 1. The summed E-state index contributed by atoms with van der Waals surface area (Å²) >= 11 is 1.53. The minimum atomic E-state index is -0.194. The second-order valence-electron chi connectivity index (χ2n) is 9.45. The molecule has 9 heteroatoms. The maximum absolute atomic E-state index is 14.2. The van der Waals surface area contributed by atoms with Crippen molar-refractivity contribution in [1.29, 1.82) is 0 Å². The van der Waals surface area contributed by atoms with Gasteiger partial charge in [0, 0.05) is 57.2 Å². The van der Waals surface area contributed by atoms with E-state index in [2.05, 4.69) is 33.9 Å². The van der Waals surface area contributed by atoms with Crippen molar-refractivity contribution < 1.29 is 13.9 Å². The van der Waals surface area contributed by atoms with E-state index in [0.717, 1.165) is 30.2 Å². The third-order valence-corrected chi connectivity index (χ3v) is 6.98. The Morgan fingerprint density at radius 2 is 1.81 bits per heavy atom. The molecule has 3 aromatic rings. The van der Waals surface area contributed by atoms with E-state index in [4.69, 9.17) is 9.72 Å². The second-order valence-corrected chi connectivity index (χ2v) is 10.4. The molecule has 7 nitrogen and oxygen atoms in total. The molecule has 0 saturated carbocycles. The maximum atomic E-state index is 14.2. The zero-order valence-electron chi connectivity index (χ0n) is 21.6. The number of hydrogen-bond acceptors (Lipinski definition) is 7. The van der Waals surface area contributed by atoms with E-state index in [9.17, 15) is 9.18 Å². The molecule has 0 aliphatic carbocycles. The third kappa shape index (κ3) is 7.42. The number of piperazine rings is 1. The van der Waals surface area contributed by atoms with Crippen LogP contribution in [0.25, 0.3) is 0 Å². The average Bonchev–Trinajstić information content (AvgIpc) is 2.91. The number of anilines is 2. The topological polar surface area (TPSA) is 70.6 Å². The van der Waals surface area contributed by atoms with Crippen LogP contribution in [0.15, 0.2) is 59.8 Å². The Bertz CT molecular complexity index is 1200. The summed E-state index contributed by atoms with van der Waals surface area (Å²) in [6.45, 7) is 8.06. The number of methoxy groups -OCH3 is 1. The van der Waals surface area contributed by atoms with Gasteiger partial charge < -0.3 is 19.9 Å². The largest absolute Gasteiger partial charge is 0.378 e. The first kappa shape index (κ1) is 26.9. The highest BCUT2D eigenvalue weighted by Crippen LogP contribution is 2.26. The Labute approximate surface area is 222 Å². The van der Waals surface area contributed by atoms with Crippen molar-refractivity contribution in [3.05, 3.63) is 77.2 Å². The van der Waals surface area contributed by atoms with E-state index in [0.29, 0.717) is 54.3 Å². The first-order valence-electron chi connectivity index (χ1n) is 12.5. The summed E-state index contributed by atoms with van der Waals surface area (Å²) in [5, 5.41) is 3.63. The van der Waals surface area contributed by atoms with Crippen molar-refractivity contribution in [2.45, 2.75) is 31.4 Å². The number of carbonyl (C=O) groups is 1. The fraction of sp³-hybridized carbons (Fsp3) is 0.393. The molecule has 1 aliphatic rings. The summed E-state index contributed by atoms with van der Waals surface area (Å²) in [6.07, 6.45) is 0. The van der Waals surface area contributed by atoms with Crippen molar-refractivity contribution in [2.75, 3.05) is 49.6 Å². The quantitative estimate of drug-likeness (QED) is 0.303. The number of aromatic nitrogens is 2. The van der Waals surface area contributed by atoms with Crippen LogP contribution in [0.5, 0.6) is 0 Å². The number of carbonyl (C=O) groups excluding carboxylic acids is 1. The van der Waals surface area contributed by atoms with Crippen LogP contribution >= 0.6 is 11.8 Å². The van der Waals surface area contributed by atoms with Gasteiger partial charge in [0.2, 0.25) is 0 Å². The molecule has 2 aromatic carbocycles. The van der Waals surface area contributed by atoms with Crippen LogP contribution in [0.1, 0.15) is 35.5 Å². The molecule has 0 radical (unpaired) electrons. The molecular weight excluding hydrogens is 489 g/mol. The number of thioether (sulfide) groups is 1. The summed E-state index contributed by atoms with van der Waals surface area (Å²) in [6, 6.07) is 16.5. The lowest BCUT2D eigenvalue weighted by atomic mass is 10.1. The number of rotatable bonds is 10. The van der Waals surface area contributed by atoms with Crippen LogP contribution in [0.3, 0.4) is 0 Å². The molecule has 0 spiro atoms. The predicted octanol–water partition coefficient (Wildman–Crippen LogP) is 4.77. The first-order chi connectivity index (χ1) is 17.9. The average molecular weight is 524 g/mol. The highest BCUT2D eigenvalue weighted by atomic mass is 32.2. The van der Waals surface area contributed by atoms with Crippen LogP contribution in [0.4, 0.5) is 15.9 Å². The standard InChI is InChI=1S/C28H34FN5O2S/c1-20(2)17-30-27(35)22-8-6-7-21(15-22)19-37-28-31-23(18-36-3)16-26(32-28)34-13-11-33(12-14-34)25-10-5-4-9-24(25)29/h4-10,15-16,20H,11-14,17-19H2,1-3H3,(H,30,35). The Morgan fingerprint density at radius 1 is 1.05 bits per heavy atom. The van der Waals surface area contributed by atoms with Gasteiger partial charge in [-0.2, -0.15) is 0 Å². The Kier molecular flexibility index (Phi) is 9.35. The number of hydrogen-bond donors (Lipinski definition) is 1. The molecule has 1 fully saturated rings. The van der Waals surface area contributed by atoms with E-state index < -0.39 is 0 Å². The molecule has 1 N–H and O–H groups in total. The van der Waals surface area contributed by atoms with Crippen LogP contribution < -0.4 is 15.1 Å². The zero-order chi connectivity index (χ0) is 26.2. The maximum Gasteiger partial charge on any atom is 0.251 e. The summed E-state index contributed by atoms with van der Waals surface area (Å²) in [5.41, 5.74) is 3.14. The van der Waals surface area contributed by atoms with Crippen LogP contribution in [0, 0.1) is 11.7 Å². The lowest BCUT2D eigenvalue weighted by Crippen LogP contribution is -2.47. The molecule has 0 bridgehead atoms. The molecular formula is C28H34FN5O2S. The van der Waals surface area contributed by atoms with Crippen LogP contribution in [-0.2, 0) is 17.1 Å². The van der Waals surface area contributed by atoms with Crippen LogP contribution in [0.2, 0.25) is 0 Å². The summed E-state index contributed by atoms with van der Waals surface area (Å²) in [4.78, 5) is 26.2. The van der Waals surface area contributed by atoms with Gasteiger partial charge in [-0.15, -0.1) is 0 Å². The van der Waals surface area contributed by atoms with Gasteiger partial charge in [0.1, 0.15) is 11.6 Å². The minimum Gasteiger partial charge on any atom is -0.378 e. The van der Waals surface area contributed by atoms with Crippen molar-refractivity contribution >= 4 is 29.2 Å². The van der Waals surface area contributed by atoms with E-state index in [1.165, 1.54) is 17.8 Å². The van der Waals surface area contributed by atoms with E-state index in [1.807, 2.05) is 42.5 Å². The number of nitrogens with zero attached hydrogens (tertiary/aromatic N) is 4. The highest BCUT2D eigenvalue weighted by Gasteiger charge is 2.21. The SMILES string of the molecule is COCc1cc(N2CCN(c3ccccc3F)CC2)nc(SCc2cccc(C(=O)NCC(C)C)c2)n1. The van der Waals surface area contributed by atoms with Gasteiger partial charge in [0.25, 0.3) is 5.91 Å². The number of amides is 1. The molecule has 1 aliphatic heterocycles. The van der Waals surface area contributed by atoms with Crippen LogP contribution in [-0.4, -0.2) is 55.7 Å². The van der Waals surface area contributed by atoms with E-state index >= 15 is 0 Å². The van der Waals surface area contributed by atoms with E-state index in [1.54, 1.807) is 13.2 Å². The number of para-hydroxylation sites is 1. The van der Waals surface area contributed by atoms with Crippen molar-refractivity contribution in [3.8, 4) is 0 Å². The summed E-state index contributed by atoms with van der Waals surface area (Å²) in [5.74, 6) is 1.63. The van der Waals surface area contributed by atoms with Gasteiger partial charge in [-0.1, -0.05) is 49.9 Å². The predicted molar refractivity (Wildman–Crippen MR) is 147 cm³/mol. The molecule has 0 atom stereocenters. The van der Waals surface area contributed by atoms with Crippen molar-refractivity contribution in [1.82, 2.24) is 15.3 Å². The number of benzene rings is 2. The Hall–Kier alpha value is -3.17. The second kappa shape index (κ2) is 12.9. The fourth-order valence-electron chi connectivity index (χ4n) is 4.14. The van der Waals surface area contributed by atoms with Gasteiger partial charge >= 0.3 is 0 Å².